The zero-order valence-electron chi connectivity index (χ0n) is 12.0. The number of epoxide rings is 1. The maximum Gasteiger partial charge on any atom is 0.104 e. The molecule has 0 saturated carbocycles. The van der Waals surface area contributed by atoms with Crippen LogP contribution in [-0.4, -0.2) is 25.6 Å². The van der Waals surface area contributed by atoms with Crippen molar-refractivity contribution in [3.8, 4) is 0 Å². The second-order valence-corrected chi connectivity index (χ2v) is 6.92. The first-order valence-corrected chi connectivity index (χ1v) is 8.98. The van der Waals surface area contributed by atoms with E-state index in [4.69, 9.17) is 9.47 Å². The molecule has 1 saturated heterocycles. The first-order chi connectivity index (χ1) is 10.3. The molecule has 1 aliphatic heterocycles. The van der Waals surface area contributed by atoms with E-state index >= 15 is 0 Å². The molecule has 2 aromatic rings. The first-order valence-electron chi connectivity index (χ1n) is 6.94. The second-order valence-electron chi connectivity index (χ2n) is 4.89. The van der Waals surface area contributed by atoms with Crippen LogP contribution in [0.3, 0.4) is 0 Å². The predicted molar refractivity (Wildman–Crippen MR) is 88.2 cm³/mol. The van der Waals surface area contributed by atoms with E-state index in [1.54, 1.807) is 23.5 Å². The third kappa shape index (κ3) is 4.78. The Morgan fingerprint density at radius 1 is 1.00 bits per heavy atom. The fraction of sp³-hybridized carbons (Fsp3) is 0.294. The first kappa shape index (κ1) is 15.0. The Balaban J connectivity index is 1.52. The van der Waals surface area contributed by atoms with Gasteiger partial charge in [0.15, 0.2) is 0 Å². The fourth-order valence-electron chi connectivity index (χ4n) is 1.91. The zero-order chi connectivity index (χ0) is 14.5. The van der Waals surface area contributed by atoms with Crippen molar-refractivity contribution < 1.29 is 9.47 Å². The molecule has 110 valence electrons. The lowest BCUT2D eigenvalue weighted by Gasteiger charge is -2.05. The molecule has 0 aromatic heterocycles. The average Bonchev–Trinajstić information content (AvgIpc) is 3.34. The van der Waals surface area contributed by atoms with Crippen LogP contribution in [0.25, 0.3) is 0 Å². The standard InChI is InChI=1S/C17H18O2S2/c1-20-15-6-8-17(9-7-15)21-16-4-2-13(3-5-16)10-18-11-14-12-19-14/h2-9,14H,10-12H2,1H3. The summed E-state index contributed by atoms with van der Waals surface area (Å²) in [4.78, 5) is 3.82. The van der Waals surface area contributed by atoms with Crippen molar-refractivity contribution in [1.82, 2.24) is 0 Å². The van der Waals surface area contributed by atoms with Gasteiger partial charge in [0.1, 0.15) is 6.10 Å². The van der Waals surface area contributed by atoms with Gasteiger partial charge in [-0.3, -0.25) is 0 Å². The molecule has 2 nitrogen and oxygen atoms in total. The molecule has 2 aromatic carbocycles. The highest BCUT2D eigenvalue weighted by molar-refractivity contribution is 7.99. The number of benzene rings is 2. The van der Waals surface area contributed by atoms with Crippen LogP contribution in [0.4, 0.5) is 0 Å². The Morgan fingerprint density at radius 2 is 1.57 bits per heavy atom. The van der Waals surface area contributed by atoms with Gasteiger partial charge in [0.25, 0.3) is 0 Å². The normalized spacial score (nSPS) is 16.9. The van der Waals surface area contributed by atoms with Crippen LogP contribution < -0.4 is 0 Å². The van der Waals surface area contributed by atoms with Gasteiger partial charge in [-0.2, -0.15) is 0 Å². The van der Waals surface area contributed by atoms with E-state index in [0.717, 1.165) is 6.61 Å². The summed E-state index contributed by atoms with van der Waals surface area (Å²) in [5, 5.41) is 0. The van der Waals surface area contributed by atoms with Crippen molar-refractivity contribution in [1.29, 1.82) is 0 Å². The Bertz CT molecular complexity index is 562. The molecule has 0 spiro atoms. The van der Waals surface area contributed by atoms with E-state index in [1.165, 1.54) is 20.2 Å². The lowest BCUT2D eigenvalue weighted by Crippen LogP contribution is -2.01. The Hall–Kier alpha value is -0.940. The quantitative estimate of drug-likeness (QED) is 0.554. The molecule has 0 bridgehead atoms. The molecule has 1 aliphatic rings. The van der Waals surface area contributed by atoms with Crippen LogP contribution >= 0.6 is 23.5 Å². The lowest BCUT2D eigenvalue weighted by molar-refractivity contribution is 0.104. The summed E-state index contributed by atoms with van der Waals surface area (Å²) in [5.74, 6) is 0. The van der Waals surface area contributed by atoms with Crippen LogP contribution in [0.5, 0.6) is 0 Å². The molecule has 1 fully saturated rings. The molecule has 1 atom stereocenters. The van der Waals surface area contributed by atoms with Gasteiger partial charge >= 0.3 is 0 Å². The Kier molecular flexibility index (Phi) is 5.25. The van der Waals surface area contributed by atoms with E-state index in [2.05, 4.69) is 54.8 Å². The van der Waals surface area contributed by atoms with E-state index < -0.39 is 0 Å². The molecule has 3 rings (SSSR count). The molecule has 1 heterocycles. The predicted octanol–water partition coefficient (Wildman–Crippen LogP) is 4.48. The molecule has 0 N–H and O–H groups in total. The third-order valence-electron chi connectivity index (χ3n) is 3.19. The molecule has 0 aliphatic carbocycles. The number of ether oxygens (including phenoxy) is 2. The Morgan fingerprint density at radius 3 is 2.14 bits per heavy atom. The van der Waals surface area contributed by atoms with Crippen LogP contribution in [0.2, 0.25) is 0 Å². The van der Waals surface area contributed by atoms with Crippen molar-refractivity contribution in [3.05, 3.63) is 54.1 Å². The maximum absolute atomic E-state index is 5.59. The average molecular weight is 318 g/mol. The molecular weight excluding hydrogens is 300 g/mol. The largest absolute Gasteiger partial charge is 0.374 e. The molecule has 21 heavy (non-hydrogen) atoms. The number of hydrogen-bond donors (Lipinski definition) is 0. The fourth-order valence-corrected chi connectivity index (χ4v) is 3.13. The summed E-state index contributed by atoms with van der Waals surface area (Å²) in [6, 6.07) is 17.2. The van der Waals surface area contributed by atoms with Crippen molar-refractivity contribution >= 4 is 23.5 Å². The number of hydrogen-bond acceptors (Lipinski definition) is 4. The third-order valence-corrected chi connectivity index (χ3v) is 4.95. The Labute approximate surface area is 134 Å². The summed E-state index contributed by atoms with van der Waals surface area (Å²) < 4.78 is 10.7. The minimum Gasteiger partial charge on any atom is -0.374 e. The molecule has 1 unspecified atom stereocenters. The van der Waals surface area contributed by atoms with Gasteiger partial charge in [-0.1, -0.05) is 23.9 Å². The van der Waals surface area contributed by atoms with E-state index in [1.807, 2.05) is 0 Å². The van der Waals surface area contributed by atoms with Gasteiger partial charge in [-0.05, 0) is 48.2 Å². The minimum atomic E-state index is 0.337. The minimum absolute atomic E-state index is 0.337. The van der Waals surface area contributed by atoms with Crippen LogP contribution in [0.1, 0.15) is 5.56 Å². The number of thioether (sulfide) groups is 1. The topological polar surface area (TPSA) is 21.8 Å². The SMILES string of the molecule is CSc1ccc(Sc2ccc(COCC3CO3)cc2)cc1. The van der Waals surface area contributed by atoms with Gasteiger partial charge < -0.3 is 9.47 Å². The lowest BCUT2D eigenvalue weighted by atomic mass is 10.2. The van der Waals surface area contributed by atoms with Gasteiger partial charge in [0.05, 0.1) is 19.8 Å². The van der Waals surface area contributed by atoms with Gasteiger partial charge in [-0.15, -0.1) is 11.8 Å². The molecule has 4 heteroatoms. The maximum atomic E-state index is 5.59. The van der Waals surface area contributed by atoms with Crippen molar-refractivity contribution in [3.63, 3.8) is 0 Å². The van der Waals surface area contributed by atoms with Gasteiger partial charge in [-0.25, -0.2) is 0 Å². The summed E-state index contributed by atoms with van der Waals surface area (Å²) in [5.41, 5.74) is 1.21. The van der Waals surface area contributed by atoms with Gasteiger partial charge in [0, 0.05) is 14.7 Å². The summed E-state index contributed by atoms with van der Waals surface area (Å²) >= 11 is 3.55. The smallest absolute Gasteiger partial charge is 0.104 e. The van der Waals surface area contributed by atoms with Crippen molar-refractivity contribution in [2.24, 2.45) is 0 Å². The highest BCUT2D eigenvalue weighted by atomic mass is 32.2. The van der Waals surface area contributed by atoms with Gasteiger partial charge in [0.2, 0.25) is 0 Å². The monoisotopic (exact) mass is 318 g/mol. The zero-order valence-corrected chi connectivity index (χ0v) is 13.6. The van der Waals surface area contributed by atoms with Crippen molar-refractivity contribution in [2.75, 3.05) is 19.5 Å². The highest BCUT2D eigenvalue weighted by Crippen LogP contribution is 2.29. The summed E-state index contributed by atoms with van der Waals surface area (Å²) in [7, 11) is 0. The van der Waals surface area contributed by atoms with E-state index in [0.29, 0.717) is 19.3 Å². The van der Waals surface area contributed by atoms with Crippen LogP contribution in [0.15, 0.2) is 63.2 Å². The van der Waals surface area contributed by atoms with Crippen LogP contribution in [0, 0.1) is 0 Å². The highest BCUT2D eigenvalue weighted by Gasteiger charge is 2.22. The van der Waals surface area contributed by atoms with Crippen LogP contribution in [-0.2, 0) is 16.1 Å². The van der Waals surface area contributed by atoms with E-state index in [9.17, 15) is 0 Å². The molecular formula is C17H18O2S2. The summed E-state index contributed by atoms with van der Waals surface area (Å²) in [6.07, 6.45) is 2.43. The summed E-state index contributed by atoms with van der Waals surface area (Å²) in [6.45, 7) is 2.22. The second kappa shape index (κ2) is 7.36. The number of rotatable bonds is 7. The molecule has 0 amide bonds. The van der Waals surface area contributed by atoms with E-state index in [-0.39, 0.29) is 0 Å². The van der Waals surface area contributed by atoms with Crippen molar-refractivity contribution in [2.45, 2.75) is 27.4 Å². The molecule has 0 radical (unpaired) electrons.